The summed E-state index contributed by atoms with van der Waals surface area (Å²) in [5, 5.41) is 0. The normalized spacial score (nSPS) is 22.6. The first-order chi connectivity index (χ1) is 10.1. The minimum Gasteiger partial charge on any atom is -0.497 e. The molecule has 2 rings (SSSR count). The molecule has 1 saturated heterocycles. The van der Waals surface area contributed by atoms with Crippen LogP contribution in [-0.2, 0) is 0 Å². The van der Waals surface area contributed by atoms with E-state index in [1.807, 2.05) is 12.1 Å². The van der Waals surface area contributed by atoms with Crippen LogP contribution in [-0.4, -0.2) is 37.7 Å². The Bertz CT molecular complexity index is 462. The number of hydrogen-bond donors (Lipinski definition) is 1. The van der Waals surface area contributed by atoms with Gasteiger partial charge >= 0.3 is 0 Å². The van der Waals surface area contributed by atoms with Crippen LogP contribution in [0, 0.1) is 0 Å². The molecule has 1 aromatic carbocycles. The lowest BCUT2D eigenvalue weighted by molar-refractivity contribution is 0.0876. The van der Waals surface area contributed by atoms with Crippen LogP contribution in [0.15, 0.2) is 18.2 Å². The van der Waals surface area contributed by atoms with Gasteiger partial charge in [0.2, 0.25) is 0 Å². The van der Waals surface area contributed by atoms with Crippen LogP contribution in [0.2, 0.25) is 0 Å². The van der Waals surface area contributed by atoms with Gasteiger partial charge in [-0.2, -0.15) is 0 Å². The van der Waals surface area contributed by atoms with Crippen LogP contribution >= 0.6 is 0 Å². The summed E-state index contributed by atoms with van der Waals surface area (Å²) in [7, 11) is 3.42. The Morgan fingerprint density at radius 2 is 1.95 bits per heavy atom. The summed E-state index contributed by atoms with van der Waals surface area (Å²) in [6, 6.07) is 6.89. The highest BCUT2D eigenvalue weighted by Gasteiger charge is 2.30. The smallest absolute Gasteiger partial charge is 0.123 e. The van der Waals surface area contributed by atoms with E-state index in [-0.39, 0.29) is 12.1 Å². The summed E-state index contributed by atoms with van der Waals surface area (Å²) in [5.41, 5.74) is 7.37. The van der Waals surface area contributed by atoms with E-state index in [9.17, 15) is 0 Å². The Hall–Kier alpha value is -1.26. The monoisotopic (exact) mass is 292 g/mol. The Balaban J connectivity index is 2.30. The maximum absolute atomic E-state index is 6.20. The summed E-state index contributed by atoms with van der Waals surface area (Å²) in [5.74, 6) is 1.78. The zero-order valence-electron chi connectivity index (χ0n) is 13.6. The molecule has 2 N–H and O–H groups in total. The highest BCUT2D eigenvalue weighted by molar-refractivity contribution is 5.42. The first kappa shape index (κ1) is 16.1. The van der Waals surface area contributed by atoms with Crippen LogP contribution in [0.3, 0.4) is 0 Å². The molecule has 1 fully saturated rings. The number of methoxy groups -OCH3 is 2. The van der Waals surface area contributed by atoms with E-state index < -0.39 is 0 Å². The molecule has 21 heavy (non-hydrogen) atoms. The van der Waals surface area contributed by atoms with Crippen molar-refractivity contribution >= 4 is 0 Å². The molecule has 0 bridgehead atoms. The third-order valence-corrected chi connectivity index (χ3v) is 4.58. The molecule has 0 saturated carbocycles. The van der Waals surface area contributed by atoms with Crippen molar-refractivity contribution in [2.24, 2.45) is 5.73 Å². The number of hydrogen-bond acceptors (Lipinski definition) is 4. The molecular weight excluding hydrogens is 264 g/mol. The average Bonchev–Trinajstić information content (AvgIpc) is 2.53. The van der Waals surface area contributed by atoms with E-state index in [0.717, 1.165) is 18.0 Å². The molecule has 3 atom stereocenters. The Kier molecular flexibility index (Phi) is 5.48. The molecule has 1 heterocycles. The minimum absolute atomic E-state index is 0.185. The highest BCUT2D eigenvalue weighted by atomic mass is 16.5. The summed E-state index contributed by atoms with van der Waals surface area (Å²) >= 11 is 0. The van der Waals surface area contributed by atoms with Crippen LogP contribution in [0.4, 0.5) is 0 Å². The average molecular weight is 292 g/mol. The van der Waals surface area contributed by atoms with Gasteiger partial charge in [-0.15, -0.1) is 0 Å². The zero-order valence-corrected chi connectivity index (χ0v) is 13.6. The van der Waals surface area contributed by atoms with Gasteiger partial charge < -0.3 is 15.2 Å². The van der Waals surface area contributed by atoms with Gasteiger partial charge in [-0.25, -0.2) is 0 Å². The number of rotatable bonds is 5. The van der Waals surface area contributed by atoms with Crippen molar-refractivity contribution in [2.45, 2.75) is 51.2 Å². The van der Waals surface area contributed by atoms with Crippen LogP contribution in [0.1, 0.15) is 44.7 Å². The van der Waals surface area contributed by atoms with Crippen molar-refractivity contribution in [3.63, 3.8) is 0 Å². The van der Waals surface area contributed by atoms with Gasteiger partial charge in [-0.1, -0.05) is 6.42 Å². The molecule has 1 aromatic rings. The van der Waals surface area contributed by atoms with E-state index in [0.29, 0.717) is 6.04 Å². The molecular formula is C17H28N2O2. The fourth-order valence-electron chi connectivity index (χ4n) is 3.37. The molecule has 1 aliphatic rings. The number of ether oxygens (including phenoxy) is 2. The van der Waals surface area contributed by atoms with Gasteiger partial charge in [-0.05, 0) is 51.4 Å². The number of benzene rings is 1. The van der Waals surface area contributed by atoms with Crippen molar-refractivity contribution in [1.82, 2.24) is 4.90 Å². The number of likely N-dealkylation sites (tertiary alicyclic amines) is 1. The number of nitrogens with two attached hydrogens (primary N) is 1. The summed E-state index contributed by atoms with van der Waals surface area (Å²) in [4.78, 5) is 2.52. The lowest BCUT2D eigenvalue weighted by Crippen LogP contribution is -2.49. The van der Waals surface area contributed by atoms with Crippen molar-refractivity contribution in [3.05, 3.63) is 23.8 Å². The second-order valence-electron chi connectivity index (χ2n) is 5.94. The number of piperidine rings is 1. The molecule has 118 valence electrons. The highest BCUT2D eigenvalue weighted by Crippen LogP contribution is 2.36. The second-order valence-corrected chi connectivity index (χ2v) is 5.94. The maximum Gasteiger partial charge on any atom is 0.123 e. The predicted octanol–water partition coefficient (Wildman–Crippen LogP) is 2.97. The zero-order chi connectivity index (χ0) is 15.4. The molecule has 1 aliphatic heterocycles. The molecule has 0 aliphatic carbocycles. The summed E-state index contributed by atoms with van der Waals surface area (Å²) in [6.07, 6.45) is 3.68. The van der Waals surface area contributed by atoms with Crippen molar-refractivity contribution in [3.8, 4) is 11.5 Å². The molecule has 4 heteroatoms. The number of nitrogens with zero attached hydrogens (tertiary/aromatic N) is 1. The Morgan fingerprint density at radius 3 is 2.57 bits per heavy atom. The SMILES string of the molecule is COc1ccc(OC)c(C(C)N2CCCCC2C(C)N)c1. The quantitative estimate of drug-likeness (QED) is 0.906. The van der Waals surface area contributed by atoms with Crippen molar-refractivity contribution in [2.75, 3.05) is 20.8 Å². The van der Waals surface area contributed by atoms with E-state index in [1.165, 1.54) is 24.8 Å². The first-order valence-electron chi connectivity index (χ1n) is 7.81. The molecule has 0 amide bonds. The summed E-state index contributed by atoms with van der Waals surface area (Å²) < 4.78 is 10.9. The third kappa shape index (κ3) is 3.50. The minimum atomic E-state index is 0.185. The fraction of sp³-hybridized carbons (Fsp3) is 0.647. The third-order valence-electron chi connectivity index (χ3n) is 4.58. The van der Waals surface area contributed by atoms with Crippen LogP contribution in [0.5, 0.6) is 11.5 Å². The van der Waals surface area contributed by atoms with Gasteiger partial charge in [0.25, 0.3) is 0 Å². The van der Waals surface area contributed by atoms with Gasteiger partial charge in [0.15, 0.2) is 0 Å². The predicted molar refractivity (Wildman–Crippen MR) is 86.0 cm³/mol. The van der Waals surface area contributed by atoms with Gasteiger partial charge in [-0.3, -0.25) is 4.90 Å². The Labute approximate surface area is 128 Å². The van der Waals surface area contributed by atoms with E-state index in [1.54, 1.807) is 14.2 Å². The first-order valence-corrected chi connectivity index (χ1v) is 7.81. The molecule has 0 aromatic heterocycles. The maximum atomic E-state index is 6.20. The summed E-state index contributed by atoms with van der Waals surface area (Å²) in [6.45, 7) is 5.43. The van der Waals surface area contributed by atoms with E-state index >= 15 is 0 Å². The lowest BCUT2D eigenvalue weighted by Gasteiger charge is -2.42. The van der Waals surface area contributed by atoms with E-state index in [4.69, 9.17) is 15.2 Å². The molecule has 3 unspecified atom stereocenters. The second kappa shape index (κ2) is 7.14. The van der Waals surface area contributed by atoms with Crippen LogP contribution in [0.25, 0.3) is 0 Å². The Morgan fingerprint density at radius 1 is 1.19 bits per heavy atom. The molecule has 4 nitrogen and oxygen atoms in total. The van der Waals surface area contributed by atoms with Gasteiger partial charge in [0, 0.05) is 23.7 Å². The molecule has 0 radical (unpaired) electrons. The van der Waals surface area contributed by atoms with Crippen molar-refractivity contribution in [1.29, 1.82) is 0 Å². The lowest BCUT2D eigenvalue weighted by atomic mass is 9.93. The standard InChI is InChI=1S/C17H28N2O2/c1-12(18)16-7-5-6-10-19(16)13(2)15-11-14(20-3)8-9-17(15)21-4/h8-9,11-13,16H,5-7,10,18H2,1-4H3. The largest absolute Gasteiger partial charge is 0.497 e. The fourth-order valence-corrected chi connectivity index (χ4v) is 3.37. The van der Waals surface area contributed by atoms with Gasteiger partial charge in [0.1, 0.15) is 11.5 Å². The van der Waals surface area contributed by atoms with Crippen LogP contribution < -0.4 is 15.2 Å². The van der Waals surface area contributed by atoms with Crippen molar-refractivity contribution < 1.29 is 9.47 Å². The topological polar surface area (TPSA) is 47.7 Å². The van der Waals surface area contributed by atoms with E-state index in [2.05, 4.69) is 24.8 Å². The van der Waals surface area contributed by atoms with Gasteiger partial charge in [0.05, 0.1) is 14.2 Å². The molecule has 0 spiro atoms.